The molecule has 2 aliphatic carbocycles. The number of fused-ring (bicyclic) bond motifs is 2. The van der Waals surface area contributed by atoms with Gasteiger partial charge in [-0.05, 0) is 27.2 Å². The Hall–Kier alpha value is -1.57. The van der Waals surface area contributed by atoms with E-state index >= 15 is 0 Å². The summed E-state index contributed by atoms with van der Waals surface area (Å²) in [5.41, 5.74) is 3.04. The number of hydrogen-bond donors (Lipinski definition) is 1. The van der Waals surface area contributed by atoms with Crippen LogP contribution in [-0.2, 0) is 0 Å². The van der Waals surface area contributed by atoms with E-state index in [0.29, 0.717) is 0 Å². The van der Waals surface area contributed by atoms with Gasteiger partial charge in [0.1, 0.15) is 0 Å². The van der Waals surface area contributed by atoms with Crippen molar-refractivity contribution in [1.82, 2.24) is 0 Å². The normalized spacial score (nSPS) is 21.2. The van der Waals surface area contributed by atoms with E-state index in [9.17, 15) is 5.11 Å². The summed E-state index contributed by atoms with van der Waals surface area (Å²) in [6, 6.07) is 8.08. The van der Waals surface area contributed by atoms with Gasteiger partial charge >= 0.3 is 0 Å². The summed E-state index contributed by atoms with van der Waals surface area (Å²) in [6.07, 6.45) is 10.0. The van der Waals surface area contributed by atoms with Crippen molar-refractivity contribution in [2.24, 2.45) is 0 Å². The van der Waals surface area contributed by atoms with Crippen LogP contribution in [0.1, 0.15) is 0 Å². The fourth-order valence-electron chi connectivity index (χ4n) is 2.47. The summed E-state index contributed by atoms with van der Waals surface area (Å²) < 4.78 is 0. The molecule has 0 bridgehead atoms. The van der Waals surface area contributed by atoms with E-state index in [1.807, 2.05) is 36.4 Å². The van der Waals surface area contributed by atoms with Crippen molar-refractivity contribution in [1.29, 1.82) is 0 Å². The van der Waals surface area contributed by atoms with Crippen LogP contribution in [0.15, 0.2) is 59.7 Å². The van der Waals surface area contributed by atoms with Gasteiger partial charge in [-0.3, -0.25) is 0 Å². The third-order valence-electron chi connectivity index (χ3n) is 3.36. The second kappa shape index (κ2) is 4.60. The SMILES string of the molecule is OCC1=c2ccccc2=CC=C2C1=CC=CC2Cl. The number of aliphatic hydroxyl groups is 1. The first-order chi connectivity index (χ1) is 8.81. The maximum absolute atomic E-state index is 9.70. The van der Waals surface area contributed by atoms with Gasteiger partial charge in [0.05, 0.1) is 12.0 Å². The first-order valence-electron chi connectivity index (χ1n) is 5.95. The number of aliphatic hydroxyl groups excluding tert-OH is 1. The van der Waals surface area contributed by atoms with Crippen molar-refractivity contribution in [3.05, 3.63) is 70.2 Å². The highest BCUT2D eigenvalue weighted by Gasteiger charge is 2.19. The Kier molecular flexibility index (Phi) is 2.94. The minimum absolute atomic E-state index is 0.0193. The van der Waals surface area contributed by atoms with Crippen LogP contribution in [0.4, 0.5) is 0 Å². The Morgan fingerprint density at radius 1 is 1.11 bits per heavy atom. The van der Waals surface area contributed by atoms with E-state index < -0.39 is 0 Å². The predicted octanol–water partition coefficient (Wildman–Crippen LogP) is 1.65. The maximum atomic E-state index is 9.70. The zero-order chi connectivity index (χ0) is 12.5. The van der Waals surface area contributed by atoms with Gasteiger partial charge in [-0.2, -0.15) is 0 Å². The summed E-state index contributed by atoms with van der Waals surface area (Å²) in [5, 5.41) is 11.8. The minimum Gasteiger partial charge on any atom is -0.392 e. The number of alkyl halides is 1. The Morgan fingerprint density at radius 2 is 1.94 bits per heavy atom. The van der Waals surface area contributed by atoms with E-state index in [1.165, 1.54) is 0 Å². The molecule has 0 amide bonds. The molecule has 1 atom stereocenters. The molecule has 0 spiro atoms. The zero-order valence-corrected chi connectivity index (χ0v) is 10.6. The number of hydrogen-bond acceptors (Lipinski definition) is 1. The summed E-state index contributed by atoms with van der Waals surface area (Å²) in [6.45, 7) is 0.0193. The second-order valence-corrected chi connectivity index (χ2v) is 4.85. The van der Waals surface area contributed by atoms with Crippen LogP contribution >= 0.6 is 11.6 Å². The molecular formula is C16H13ClO. The molecule has 1 nitrogen and oxygen atoms in total. The second-order valence-electron chi connectivity index (χ2n) is 4.38. The van der Waals surface area contributed by atoms with Gasteiger partial charge in [0.25, 0.3) is 0 Å². The smallest absolute Gasteiger partial charge is 0.0775 e. The van der Waals surface area contributed by atoms with Crippen molar-refractivity contribution in [3.63, 3.8) is 0 Å². The number of benzene rings is 1. The fraction of sp³-hybridized carbons (Fsp3) is 0.125. The standard InChI is InChI=1S/C16H13ClO/c17-16-7-3-6-13-14(16)9-8-11-4-1-2-5-12(11)15(13)10-18/h1-9,16,18H,10H2. The molecule has 0 radical (unpaired) electrons. The maximum Gasteiger partial charge on any atom is 0.0775 e. The van der Waals surface area contributed by atoms with Crippen molar-refractivity contribution in [2.45, 2.75) is 5.38 Å². The van der Waals surface area contributed by atoms with Gasteiger partial charge in [0, 0.05) is 0 Å². The van der Waals surface area contributed by atoms with Crippen molar-refractivity contribution < 1.29 is 5.11 Å². The molecule has 0 saturated carbocycles. The molecule has 1 aromatic carbocycles. The van der Waals surface area contributed by atoms with E-state index in [0.717, 1.165) is 27.2 Å². The lowest BCUT2D eigenvalue weighted by Gasteiger charge is -2.18. The van der Waals surface area contributed by atoms with Crippen LogP contribution in [-0.4, -0.2) is 17.1 Å². The van der Waals surface area contributed by atoms with Crippen LogP contribution in [0.25, 0.3) is 11.6 Å². The lowest BCUT2D eigenvalue weighted by Crippen LogP contribution is -2.27. The Balaban J connectivity index is 2.39. The quantitative estimate of drug-likeness (QED) is 0.758. The zero-order valence-electron chi connectivity index (χ0n) is 9.81. The number of halogens is 1. The summed E-state index contributed by atoms with van der Waals surface area (Å²) in [5.74, 6) is 0. The van der Waals surface area contributed by atoms with E-state index in [2.05, 4.69) is 18.2 Å². The molecule has 90 valence electrons. The summed E-state index contributed by atoms with van der Waals surface area (Å²) in [4.78, 5) is 0. The Labute approximate surface area is 111 Å². The highest BCUT2D eigenvalue weighted by atomic mass is 35.5. The predicted molar refractivity (Wildman–Crippen MR) is 75.6 cm³/mol. The first-order valence-corrected chi connectivity index (χ1v) is 6.39. The Morgan fingerprint density at radius 3 is 2.78 bits per heavy atom. The molecule has 0 heterocycles. The highest BCUT2D eigenvalue weighted by molar-refractivity contribution is 6.24. The first kappa shape index (κ1) is 11.5. The molecule has 1 unspecified atom stereocenters. The lowest BCUT2D eigenvalue weighted by atomic mass is 9.91. The third-order valence-corrected chi connectivity index (χ3v) is 3.74. The average molecular weight is 257 g/mol. The van der Waals surface area contributed by atoms with Crippen molar-refractivity contribution >= 4 is 23.3 Å². The molecule has 1 N–H and O–H groups in total. The fourth-order valence-corrected chi connectivity index (χ4v) is 2.74. The third kappa shape index (κ3) is 1.76. The molecule has 0 fully saturated rings. The molecule has 18 heavy (non-hydrogen) atoms. The van der Waals surface area contributed by atoms with Crippen LogP contribution in [0.5, 0.6) is 0 Å². The van der Waals surface area contributed by atoms with Crippen molar-refractivity contribution in [2.75, 3.05) is 6.61 Å². The van der Waals surface area contributed by atoms with Crippen LogP contribution in [0.3, 0.4) is 0 Å². The summed E-state index contributed by atoms with van der Waals surface area (Å²) in [7, 11) is 0. The van der Waals surface area contributed by atoms with Crippen molar-refractivity contribution in [3.8, 4) is 0 Å². The van der Waals surface area contributed by atoms with Gasteiger partial charge in [-0.25, -0.2) is 0 Å². The van der Waals surface area contributed by atoms with E-state index in [1.54, 1.807) is 0 Å². The molecule has 1 aromatic rings. The Bertz CT molecular complexity index is 692. The minimum atomic E-state index is -0.128. The lowest BCUT2D eigenvalue weighted by molar-refractivity contribution is 0.349. The van der Waals surface area contributed by atoms with Crippen LogP contribution < -0.4 is 10.4 Å². The van der Waals surface area contributed by atoms with Gasteiger partial charge in [-0.1, -0.05) is 54.6 Å². The van der Waals surface area contributed by atoms with Crippen LogP contribution in [0.2, 0.25) is 0 Å². The molecule has 2 aliphatic rings. The molecule has 2 heteroatoms. The van der Waals surface area contributed by atoms with Gasteiger partial charge in [-0.15, -0.1) is 11.6 Å². The van der Waals surface area contributed by atoms with E-state index in [4.69, 9.17) is 11.6 Å². The largest absolute Gasteiger partial charge is 0.392 e. The van der Waals surface area contributed by atoms with Gasteiger partial charge < -0.3 is 5.11 Å². The molecule has 0 aliphatic heterocycles. The van der Waals surface area contributed by atoms with Crippen LogP contribution in [0, 0.1) is 0 Å². The molecule has 0 saturated heterocycles. The molecular weight excluding hydrogens is 244 g/mol. The van der Waals surface area contributed by atoms with E-state index in [-0.39, 0.29) is 12.0 Å². The molecule has 3 rings (SSSR count). The topological polar surface area (TPSA) is 20.2 Å². The highest BCUT2D eigenvalue weighted by Crippen LogP contribution is 2.30. The number of rotatable bonds is 1. The summed E-state index contributed by atoms with van der Waals surface area (Å²) >= 11 is 6.32. The average Bonchev–Trinajstić information content (AvgIpc) is 2.56. The van der Waals surface area contributed by atoms with Gasteiger partial charge in [0.15, 0.2) is 0 Å². The van der Waals surface area contributed by atoms with Gasteiger partial charge in [0.2, 0.25) is 0 Å². The monoisotopic (exact) mass is 256 g/mol. The molecule has 0 aromatic heterocycles. The number of allylic oxidation sites excluding steroid dienone is 5.